The number of aryl methyl sites for hydroxylation is 1. The first-order valence-corrected chi connectivity index (χ1v) is 5.76. The third kappa shape index (κ3) is 3.92. The SMILES string of the molecule is Cc1ccc(OCCCCN2CC2)cc1. The molecule has 0 aromatic heterocycles. The molecule has 1 aliphatic heterocycles. The van der Waals surface area contributed by atoms with E-state index in [-0.39, 0.29) is 0 Å². The Morgan fingerprint density at radius 2 is 1.87 bits per heavy atom. The van der Waals surface area contributed by atoms with Crippen LogP contribution < -0.4 is 4.74 Å². The molecule has 1 aromatic rings. The molecule has 1 heterocycles. The molecule has 0 bridgehead atoms. The van der Waals surface area contributed by atoms with E-state index in [0.29, 0.717) is 0 Å². The Labute approximate surface area is 91.9 Å². The van der Waals surface area contributed by atoms with Crippen molar-refractivity contribution in [2.75, 3.05) is 26.2 Å². The predicted octanol–water partition coefficient (Wildman–Crippen LogP) is 2.47. The van der Waals surface area contributed by atoms with Gasteiger partial charge in [0, 0.05) is 13.1 Å². The van der Waals surface area contributed by atoms with Gasteiger partial charge in [-0.15, -0.1) is 0 Å². The first-order valence-electron chi connectivity index (χ1n) is 5.76. The summed E-state index contributed by atoms with van der Waals surface area (Å²) in [5.74, 6) is 0.993. The normalized spacial score (nSPS) is 15.3. The van der Waals surface area contributed by atoms with E-state index in [1.165, 1.54) is 31.6 Å². The lowest BCUT2D eigenvalue weighted by atomic mass is 10.2. The summed E-state index contributed by atoms with van der Waals surface area (Å²) < 4.78 is 5.64. The van der Waals surface area contributed by atoms with Crippen molar-refractivity contribution in [3.63, 3.8) is 0 Å². The summed E-state index contributed by atoms with van der Waals surface area (Å²) in [5, 5.41) is 0. The molecule has 0 spiro atoms. The average Bonchev–Trinajstić information content (AvgIpc) is 3.04. The monoisotopic (exact) mass is 205 g/mol. The molecule has 1 saturated heterocycles. The Bertz CT molecular complexity index is 290. The number of ether oxygens (including phenoxy) is 1. The van der Waals surface area contributed by atoms with E-state index in [4.69, 9.17) is 4.74 Å². The summed E-state index contributed by atoms with van der Waals surface area (Å²) in [6, 6.07) is 8.26. The van der Waals surface area contributed by atoms with Gasteiger partial charge in [-0.05, 0) is 38.4 Å². The van der Waals surface area contributed by atoms with Gasteiger partial charge < -0.3 is 9.64 Å². The van der Waals surface area contributed by atoms with Crippen LogP contribution in [-0.4, -0.2) is 31.1 Å². The van der Waals surface area contributed by atoms with E-state index in [1.54, 1.807) is 0 Å². The highest BCUT2D eigenvalue weighted by Gasteiger charge is 2.15. The quantitative estimate of drug-likeness (QED) is 0.522. The van der Waals surface area contributed by atoms with Crippen molar-refractivity contribution >= 4 is 0 Å². The fraction of sp³-hybridized carbons (Fsp3) is 0.538. The first kappa shape index (κ1) is 10.5. The van der Waals surface area contributed by atoms with Crippen LogP contribution in [0.5, 0.6) is 5.75 Å². The molecule has 1 fully saturated rings. The highest BCUT2D eigenvalue weighted by atomic mass is 16.5. The van der Waals surface area contributed by atoms with Gasteiger partial charge >= 0.3 is 0 Å². The minimum Gasteiger partial charge on any atom is -0.494 e. The maximum absolute atomic E-state index is 5.64. The Morgan fingerprint density at radius 3 is 2.53 bits per heavy atom. The van der Waals surface area contributed by atoms with E-state index in [9.17, 15) is 0 Å². The van der Waals surface area contributed by atoms with Crippen LogP contribution in [0.25, 0.3) is 0 Å². The van der Waals surface area contributed by atoms with Crippen LogP contribution in [0.3, 0.4) is 0 Å². The van der Waals surface area contributed by atoms with Gasteiger partial charge in [0.2, 0.25) is 0 Å². The summed E-state index contributed by atoms with van der Waals surface area (Å²) in [5.41, 5.74) is 1.28. The molecule has 2 rings (SSSR count). The van der Waals surface area contributed by atoms with Gasteiger partial charge in [0.1, 0.15) is 5.75 Å². The minimum atomic E-state index is 0.844. The van der Waals surface area contributed by atoms with Crippen molar-refractivity contribution in [2.24, 2.45) is 0 Å². The third-order valence-corrected chi connectivity index (χ3v) is 2.70. The molecule has 0 atom stereocenters. The third-order valence-electron chi connectivity index (χ3n) is 2.70. The van der Waals surface area contributed by atoms with Crippen LogP contribution in [0.4, 0.5) is 0 Å². The lowest BCUT2D eigenvalue weighted by Gasteiger charge is -2.06. The Balaban J connectivity index is 1.58. The van der Waals surface area contributed by atoms with Crippen LogP contribution in [0.2, 0.25) is 0 Å². The number of unbranched alkanes of at least 4 members (excludes halogenated alkanes) is 1. The van der Waals surface area contributed by atoms with Crippen LogP contribution in [0.15, 0.2) is 24.3 Å². The van der Waals surface area contributed by atoms with Crippen molar-refractivity contribution in [1.29, 1.82) is 0 Å². The molecule has 1 aliphatic rings. The molecule has 82 valence electrons. The fourth-order valence-electron chi connectivity index (χ4n) is 1.56. The van der Waals surface area contributed by atoms with Crippen LogP contribution in [-0.2, 0) is 0 Å². The van der Waals surface area contributed by atoms with Crippen molar-refractivity contribution in [3.8, 4) is 5.75 Å². The van der Waals surface area contributed by atoms with Crippen molar-refractivity contribution in [2.45, 2.75) is 19.8 Å². The Kier molecular flexibility index (Phi) is 3.62. The molecular formula is C13H19NO. The number of hydrogen-bond donors (Lipinski definition) is 0. The second-order valence-electron chi connectivity index (χ2n) is 4.21. The summed E-state index contributed by atoms with van der Waals surface area (Å²) in [6.45, 7) is 6.79. The van der Waals surface area contributed by atoms with E-state index in [1.807, 2.05) is 12.1 Å². The summed E-state index contributed by atoms with van der Waals surface area (Å²) >= 11 is 0. The zero-order chi connectivity index (χ0) is 10.5. The largest absolute Gasteiger partial charge is 0.494 e. The Morgan fingerprint density at radius 1 is 1.13 bits per heavy atom. The number of nitrogens with zero attached hydrogens (tertiary/aromatic N) is 1. The fourth-order valence-corrected chi connectivity index (χ4v) is 1.56. The first-order chi connectivity index (χ1) is 7.34. The second kappa shape index (κ2) is 5.17. The number of rotatable bonds is 6. The highest BCUT2D eigenvalue weighted by Crippen LogP contribution is 2.12. The van der Waals surface area contributed by atoms with Crippen LogP contribution >= 0.6 is 0 Å². The minimum absolute atomic E-state index is 0.844. The van der Waals surface area contributed by atoms with E-state index >= 15 is 0 Å². The standard InChI is InChI=1S/C13H19NO/c1-12-4-6-13(7-5-12)15-11-3-2-8-14-9-10-14/h4-7H,2-3,8-11H2,1H3. The smallest absolute Gasteiger partial charge is 0.119 e. The van der Waals surface area contributed by atoms with Gasteiger partial charge in [-0.2, -0.15) is 0 Å². The molecule has 2 heteroatoms. The summed E-state index contributed by atoms with van der Waals surface area (Å²) in [7, 11) is 0. The van der Waals surface area contributed by atoms with E-state index < -0.39 is 0 Å². The van der Waals surface area contributed by atoms with Crippen molar-refractivity contribution in [3.05, 3.63) is 29.8 Å². The molecule has 0 aliphatic carbocycles. The van der Waals surface area contributed by atoms with Crippen molar-refractivity contribution < 1.29 is 4.74 Å². The highest BCUT2D eigenvalue weighted by molar-refractivity contribution is 5.26. The molecule has 1 aromatic carbocycles. The van der Waals surface area contributed by atoms with Crippen LogP contribution in [0.1, 0.15) is 18.4 Å². The topological polar surface area (TPSA) is 12.2 Å². The predicted molar refractivity (Wildman–Crippen MR) is 62.3 cm³/mol. The molecule has 0 amide bonds. The maximum Gasteiger partial charge on any atom is 0.119 e. The average molecular weight is 205 g/mol. The lowest BCUT2D eigenvalue weighted by molar-refractivity contribution is 0.302. The molecule has 0 N–H and O–H groups in total. The molecule has 15 heavy (non-hydrogen) atoms. The van der Waals surface area contributed by atoms with Gasteiger partial charge in [0.05, 0.1) is 6.61 Å². The van der Waals surface area contributed by atoms with Gasteiger partial charge in [-0.1, -0.05) is 17.7 Å². The molecule has 0 unspecified atom stereocenters. The number of benzene rings is 1. The van der Waals surface area contributed by atoms with Crippen molar-refractivity contribution in [1.82, 2.24) is 4.90 Å². The molecule has 0 saturated carbocycles. The van der Waals surface area contributed by atoms with Gasteiger partial charge in [-0.25, -0.2) is 0 Å². The maximum atomic E-state index is 5.64. The zero-order valence-electron chi connectivity index (χ0n) is 9.41. The summed E-state index contributed by atoms with van der Waals surface area (Å²) in [4.78, 5) is 2.45. The van der Waals surface area contributed by atoms with Gasteiger partial charge in [0.25, 0.3) is 0 Å². The lowest BCUT2D eigenvalue weighted by Crippen LogP contribution is -2.03. The zero-order valence-corrected chi connectivity index (χ0v) is 9.41. The van der Waals surface area contributed by atoms with E-state index in [0.717, 1.165) is 18.8 Å². The van der Waals surface area contributed by atoms with Crippen LogP contribution in [0, 0.1) is 6.92 Å². The molecule has 2 nitrogen and oxygen atoms in total. The molecule has 0 radical (unpaired) electrons. The Hall–Kier alpha value is -1.02. The number of hydrogen-bond acceptors (Lipinski definition) is 2. The van der Waals surface area contributed by atoms with Gasteiger partial charge in [0.15, 0.2) is 0 Å². The molecular weight excluding hydrogens is 186 g/mol. The van der Waals surface area contributed by atoms with Gasteiger partial charge in [-0.3, -0.25) is 0 Å². The van der Waals surface area contributed by atoms with E-state index in [2.05, 4.69) is 24.0 Å². The summed E-state index contributed by atoms with van der Waals surface area (Å²) in [6.07, 6.45) is 2.41. The second-order valence-corrected chi connectivity index (χ2v) is 4.21.